The highest BCUT2D eigenvalue weighted by atomic mass is 79.9. The Morgan fingerprint density at radius 1 is 1.53 bits per heavy atom. The predicted octanol–water partition coefficient (Wildman–Crippen LogP) is 3.15. The zero-order valence-corrected chi connectivity index (χ0v) is 13.1. The predicted molar refractivity (Wildman–Crippen MR) is 78.2 cm³/mol. The normalized spacial score (nSPS) is 19.6. The van der Waals surface area contributed by atoms with Crippen molar-refractivity contribution in [1.82, 2.24) is 4.98 Å². The fourth-order valence-corrected chi connectivity index (χ4v) is 2.71. The van der Waals surface area contributed by atoms with Gasteiger partial charge in [0.05, 0.1) is 4.47 Å². The van der Waals surface area contributed by atoms with Crippen molar-refractivity contribution in [1.29, 1.82) is 0 Å². The minimum absolute atomic E-state index is 0.164. The molecule has 2 heterocycles. The van der Waals surface area contributed by atoms with Gasteiger partial charge in [-0.25, -0.2) is 9.78 Å². The number of carbonyl (C=O) groups is 1. The van der Waals surface area contributed by atoms with Gasteiger partial charge in [0.15, 0.2) is 0 Å². The van der Waals surface area contributed by atoms with Gasteiger partial charge >= 0.3 is 5.97 Å². The Bertz CT molecular complexity index is 471. The molecule has 5 heteroatoms. The van der Waals surface area contributed by atoms with Gasteiger partial charge in [0, 0.05) is 12.7 Å². The Kier molecular flexibility index (Phi) is 4.13. The van der Waals surface area contributed by atoms with Gasteiger partial charge in [0.2, 0.25) is 0 Å². The third-order valence-electron chi connectivity index (χ3n) is 2.94. The molecule has 1 aliphatic rings. The molecule has 1 fully saturated rings. The Hall–Kier alpha value is -1.10. The van der Waals surface area contributed by atoms with Gasteiger partial charge in [-0.05, 0) is 61.7 Å². The summed E-state index contributed by atoms with van der Waals surface area (Å²) in [7, 11) is 0. The molecule has 1 aliphatic heterocycles. The van der Waals surface area contributed by atoms with Crippen molar-refractivity contribution >= 4 is 27.7 Å². The minimum Gasteiger partial charge on any atom is -0.458 e. The number of halogens is 1. The summed E-state index contributed by atoms with van der Waals surface area (Å²) in [4.78, 5) is 18.6. The Morgan fingerprint density at radius 3 is 2.89 bits per heavy atom. The van der Waals surface area contributed by atoms with Crippen molar-refractivity contribution in [3.8, 4) is 0 Å². The van der Waals surface area contributed by atoms with E-state index in [0.29, 0.717) is 0 Å². The monoisotopic (exact) mass is 326 g/mol. The van der Waals surface area contributed by atoms with Crippen molar-refractivity contribution in [3.05, 3.63) is 22.8 Å². The fourth-order valence-electron chi connectivity index (χ4n) is 2.22. The van der Waals surface area contributed by atoms with Crippen LogP contribution < -0.4 is 4.90 Å². The van der Waals surface area contributed by atoms with Crippen LogP contribution in [0, 0.1) is 0 Å². The van der Waals surface area contributed by atoms with Crippen molar-refractivity contribution in [2.24, 2.45) is 0 Å². The third-order valence-corrected chi connectivity index (χ3v) is 3.56. The molecule has 2 rings (SSSR count). The first-order valence-electron chi connectivity index (χ1n) is 6.48. The smallest absolute Gasteiger partial charge is 0.329 e. The fraction of sp³-hybridized carbons (Fsp3) is 0.571. The number of esters is 1. The van der Waals surface area contributed by atoms with E-state index in [2.05, 4.69) is 20.9 Å². The van der Waals surface area contributed by atoms with Crippen LogP contribution in [0.15, 0.2) is 22.8 Å². The van der Waals surface area contributed by atoms with Crippen molar-refractivity contribution < 1.29 is 9.53 Å². The zero-order valence-electron chi connectivity index (χ0n) is 11.5. The van der Waals surface area contributed by atoms with E-state index >= 15 is 0 Å². The number of pyridine rings is 1. The van der Waals surface area contributed by atoms with E-state index in [9.17, 15) is 4.79 Å². The van der Waals surface area contributed by atoms with E-state index in [1.165, 1.54) is 0 Å². The number of hydrogen-bond acceptors (Lipinski definition) is 4. The van der Waals surface area contributed by atoms with Gasteiger partial charge in [-0.15, -0.1) is 0 Å². The van der Waals surface area contributed by atoms with Crippen LogP contribution in [0.5, 0.6) is 0 Å². The lowest BCUT2D eigenvalue weighted by atomic mass is 10.1. The highest BCUT2D eigenvalue weighted by Crippen LogP contribution is 2.30. The van der Waals surface area contributed by atoms with Crippen LogP contribution >= 0.6 is 15.9 Å². The number of carbonyl (C=O) groups excluding carboxylic acids is 1. The molecule has 19 heavy (non-hydrogen) atoms. The van der Waals surface area contributed by atoms with Crippen molar-refractivity contribution in [2.75, 3.05) is 11.4 Å². The topological polar surface area (TPSA) is 42.4 Å². The van der Waals surface area contributed by atoms with Gasteiger partial charge < -0.3 is 9.64 Å². The standard InChI is InChI=1S/C14H19BrN2O2/c1-14(2,3)19-13(18)11-7-5-9-17(11)12-10(15)6-4-8-16-12/h4,6,8,11H,5,7,9H2,1-3H3/t11-/m0/s1. The molecule has 1 aromatic rings. The molecule has 1 saturated heterocycles. The molecule has 104 valence electrons. The van der Waals surface area contributed by atoms with Crippen molar-refractivity contribution in [2.45, 2.75) is 45.3 Å². The van der Waals surface area contributed by atoms with Crippen molar-refractivity contribution in [3.63, 3.8) is 0 Å². The van der Waals surface area contributed by atoms with E-state index in [1.54, 1.807) is 6.20 Å². The molecular weight excluding hydrogens is 308 g/mol. The lowest BCUT2D eigenvalue weighted by Gasteiger charge is -2.28. The van der Waals surface area contributed by atoms with Crippen LogP contribution in [0.4, 0.5) is 5.82 Å². The van der Waals surface area contributed by atoms with E-state index in [1.807, 2.05) is 37.8 Å². The number of rotatable bonds is 2. The first-order chi connectivity index (χ1) is 8.88. The Labute approximate surface area is 122 Å². The molecular formula is C14H19BrN2O2. The zero-order chi connectivity index (χ0) is 14.0. The van der Waals surface area contributed by atoms with Crippen LogP contribution in [-0.4, -0.2) is 29.1 Å². The second-order valence-corrected chi connectivity index (χ2v) is 6.55. The number of nitrogens with zero attached hydrogens (tertiary/aromatic N) is 2. The lowest BCUT2D eigenvalue weighted by Crippen LogP contribution is -2.41. The van der Waals surface area contributed by atoms with Gasteiger partial charge in [-0.1, -0.05) is 0 Å². The largest absolute Gasteiger partial charge is 0.458 e. The van der Waals surface area contributed by atoms with Crippen LogP contribution in [0.2, 0.25) is 0 Å². The number of anilines is 1. The summed E-state index contributed by atoms with van der Waals surface area (Å²) in [6.07, 6.45) is 3.54. The van der Waals surface area contributed by atoms with Crippen LogP contribution in [0.3, 0.4) is 0 Å². The average Bonchev–Trinajstić information content (AvgIpc) is 2.76. The highest BCUT2D eigenvalue weighted by molar-refractivity contribution is 9.10. The summed E-state index contributed by atoms with van der Waals surface area (Å²) < 4.78 is 6.40. The average molecular weight is 327 g/mol. The highest BCUT2D eigenvalue weighted by Gasteiger charge is 2.35. The molecule has 0 saturated carbocycles. The quantitative estimate of drug-likeness (QED) is 0.783. The van der Waals surface area contributed by atoms with E-state index in [-0.39, 0.29) is 12.0 Å². The van der Waals surface area contributed by atoms with Crippen LogP contribution in [-0.2, 0) is 9.53 Å². The van der Waals surface area contributed by atoms with E-state index in [4.69, 9.17) is 4.74 Å². The molecule has 0 N–H and O–H groups in total. The van der Waals surface area contributed by atoms with E-state index < -0.39 is 5.60 Å². The van der Waals surface area contributed by atoms with Gasteiger partial charge in [0.25, 0.3) is 0 Å². The van der Waals surface area contributed by atoms with Crippen LogP contribution in [0.1, 0.15) is 33.6 Å². The summed E-state index contributed by atoms with van der Waals surface area (Å²) in [6.45, 7) is 6.50. The van der Waals surface area contributed by atoms with Crippen LogP contribution in [0.25, 0.3) is 0 Å². The molecule has 0 aromatic carbocycles. The third kappa shape index (κ3) is 3.47. The summed E-state index contributed by atoms with van der Waals surface area (Å²) in [5.74, 6) is 0.651. The Balaban J connectivity index is 2.18. The molecule has 0 bridgehead atoms. The molecule has 1 atom stereocenters. The van der Waals surface area contributed by atoms with Gasteiger partial charge in [0.1, 0.15) is 17.5 Å². The molecule has 0 amide bonds. The second kappa shape index (κ2) is 5.49. The molecule has 0 radical (unpaired) electrons. The summed E-state index contributed by atoms with van der Waals surface area (Å²) in [5.41, 5.74) is -0.452. The Morgan fingerprint density at radius 2 is 2.26 bits per heavy atom. The number of hydrogen-bond donors (Lipinski definition) is 0. The second-order valence-electron chi connectivity index (χ2n) is 5.69. The molecule has 4 nitrogen and oxygen atoms in total. The van der Waals surface area contributed by atoms with Gasteiger partial charge in [-0.3, -0.25) is 0 Å². The van der Waals surface area contributed by atoms with Gasteiger partial charge in [-0.2, -0.15) is 0 Å². The number of aromatic nitrogens is 1. The molecule has 0 aliphatic carbocycles. The maximum Gasteiger partial charge on any atom is 0.329 e. The first kappa shape index (κ1) is 14.3. The summed E-state index contributed by atoms with van der Waals surface area (Å²) in [5, 5.41) is 0. The maximum atomic E-state index is 12.2. The number of ether oxygens (including phenoxy) is 1. The van der Waals surface area contributed by atoms with E-state index in [0.717, 1.165) is 29.7 Å². The molecule has 0 unspecified atom stereocenters. The molecule has 1 aromatic heterocycles. The summed E-state index contributed by atoms with van der Waals surface area (Å²) >= 11 is 3.49. The summed E-state index contributed by atoms with van der Waals surface area (Å²) in [6, 6.07) is 3.57. The lowest BCUT2D eigenvalue weighted by molar-refractivity contribution is -0.156. The molecule has 0 spiro atoms. The SMILES string of the molecule is CC(C)(C)OC(=O)[C@@H]1CCCN1c1ncccc1Br. The first-order valence-corrected chi connectivity index (χ1v) is 7.28. The maximum absolute atomic E-state index is 12.2. The minimum atomic E-state index is -0.452.